The maximum atomic E-state index is 12.9. The predicted octanol–water partition coefficient (Wildman–Crippen LogP) is 2.44. The number of fused-ring (bicyclic) bond motifs is 1. The van der Waals surface area contributed by atoms with Crippen molar-refractivity contribution in [2.24, 2.45) is 5.73 Å². The Morgan fingerprint density at radius 2 is 1.90 bits per heavy atom. The summed E-state index contributed by atoms with van der Waals surface area (Å²) in [4.78, 5) is 43.7. The molecule has 1 aromatic carbocycles. The lowest BCUT2D eigenvalue weighted by molar-refractivity contribution is 0.0728. The van der Waals surface area contributed by atoms with Gasteiger partial charge in [-0.15, -0.1) is 0 Å². The van der Waals surface area contributed by atoms with Gasteiger partial charge in [0.2, 0.25) is 0 Å². The molecule has 2 N–H and O–H groups in total. The van der Waals surface area contributed by atoms with Crippen LogP contribution in [0.2, 0.25) is 5.02 Å². The first-order valence-corrected chi connectivity index (χ1v) is 10.3. The quantitative estimate of drug-likeness (QED) is 0.664. The molecular formula is C23H21ClN4O3. The molecular weight excluding hydrogens is 416 g/mol. The summed E-state index contributed by atoms with van der Waals surface area (Å²) < 4.78 is 1.51. The second-order valence-electron chi connectivity index (χ2n) is 7.42. The number of carbonyl (C=O) groups excluding carboxylic acids is 2. The van der Waals surface area contributed by atoms with E-state index < -0.39 is 11.5 Å². The zero-order valence-electron chi connectivity index (χ0n) is 16.8. The van der Waals surface area contributed by atoms with Crippen molar-refractivity contribution in [3.63, 3.8) is 0 Å². The van der Waals surface area contributed by atoms with Gasteiger partial charge in [0.1, 0.15) is 11.3 Å². The molecule has 3 heterocycles. The van der Waals surface area contributed by atoms with Crippen LogP contribution in [0, 0.1) is 0 Å². The zero-order chi connectivity index (χ0) is 22.0. The summed E-state index contributed by atoms with van der Waals surface area (Å²) >= 11 is 6.13. The number of halogens is 1. The van der Waals surface area contributed by atoms with Crippen LogP contribution < -0.4 is 11.3 Å². The van der Waals surface area contributed by atoms with E-state index in [4.69, 9.17) is 17.3 Å². The number of carbonyl (C=O) groups is 2. The fourth-order valence-electron chi connectivity index (χ4n) is 3.89. The Hall–Kier alpha value is -3.45. The largest absolute Gasteiger partial charge is 0.365 e. The molecule has 31 heavy (non-hydrogen) atoms. The number of pyridine rings is 2. The molecule has 0 saturated carbocycles. The molecule has 0 fully saturated rings. The van der Waals surface area contributed by atoms with Crippen molar-refractivity contribution in [3.8, 4) is 0 Å². The van der Waals surface area contributed by atoms with Gasteiger partial charge in [0.15, 0.2) is 0 Å². The first kappa shape index (κ1) is 20.8. The third-order valence-corrected chi connectivity index (χ3v) is 5.75. The molecule has 0 atom stereocenters. The van der Waals surface area contributed by atoms with Crippen LogP contribution in [0.15, 0.2) is 59.7 Å². The molecule has 158 valence electrons. The van der Waals surface area contributed by atoms with E-state index in [0.717, 1.165) is 11.1 Å². The van der Waals surface area contributed by atoms with E-state index >= 15 is 0 Å². The molecule has 0 aliphatic carbocycles. The average molecular weight is 437 g/mol. The Morgan fingerprint density at radius 3 is 2.61 bits per heavy atom. The summed E-state index contributed by atoms with van der Waals surface area (Å²) in [5.74, 6) is -1.04. The highest BCUT2D eigenvalue weighted by Gasteiger charge is 2.28. The first-order valence-electron chi connectivity index (χ1n) is 9.94. The number of amides is 2. The van der Waals surface area contributed by atoms with Crippen LogP contribution in [-0.4, -0.2) is 32.8 Å². The molecule has 3 aromatic rings. The van der Waals surface area contributed by atoms with Crippen molar-refractivity contribution in [1.82, 2.24) is 14.5 Å². The van der Waals surface area contributed by atoms with Gasteiger partial charge in [-0.1, -0.05) is 41.9 Å². The van der Waals surface area contributed by atoms with Gasteiger partial charge < -0.3 is 15.2 Å². The summed E-state index contributed by atoms with van der Waals surface area (Å²) in [6.45, 7) is 0.982. The van der Waals surface area contributed by atoms with Crippen LogP contribution >= 0.6 is 11.6 Å². The molecule has 0 unspecified atom stereocenters. The molecule has 0 radical (unpaired) electrons. The van der Waals surface area contributed by atoms with Gasteiger partial charge in [-0.05, 0) is 41.7 Å². The van der Waals surface area contributed by atoms with Crippen LogP contribution in [0.3, 0.4) is 0 Å². The van der Waals surface area contributed by atoms with Gasteiger partial charge in [-0.25, -0.2) is 4.98 Å². The maximum Gasteiger partial charge on any atom is 0.274 e. The third-order valence-electron chi connectivity index (χ3n) is 5.45. The topological polar surface area (TPSA) is 98.3 Å². The number of benzene rings is 1. The van der Waals surface area contributed by atoms with Gasteiger partial charge in [0.05, 0.1) is 5.02 Å². The van der Waals surface area contributed by atoms with E-state index in [0.29, 0.717) is 31.5 Å². The Bertz CT molecular complexity index is 1210. The van der Waals surface area contributed by atoms with Gasteiger partial charge >= 0.3 is 0 Å². The molecule has 1 aliphatic rings. The molecule has 7 nitrogen and oxygen atoms in total. The number of primary amides is 1. The number of aromatic nitrogens is 2. The summed E-state index contributed by atoms with van der Waals surface area (Å²) in [6.07, 6.45) is 4.23. The normalized spacial score (nSPS) is 13.0. The highest BCUT2D eigenvalue weighted by atomic mass is 35.5. The number of rotatable bonds is 5. The Balaban J connectivity index is 1.66. The second kappa shape index (κ2) is 8.73. The molecule has 0 spiro atoms. The molecule has 1 aliphatic heterocycles. The number of hydrogen-bond acceptors (Lipinski definition) is 4. The van der Waals surface area contributed by atoms with E-state index in [1.807, 2.05) is 30.3 Å². The first-order chi connectivity index (χ1) is 15.0. The van der Waals surface area contributed by atoms with Gasteiger partial charge in [0.25, 0.3) is 17.4 Å². The SMILES string of the molecule is NC(=O)c1c2c(cn(CCc3ccccc3)c1=O)CN(C(=O)c1ncccc1Cl)CC2. The minimum atomic E-state index is -0.747. The van der Waals surface area contributed by atoms with E-state index in [2.05, 4.69) is 4.98 Å². The molecule has 4 rings (SSSR count). The van der Waals surface area contributed by atoms with Crippen LogP contribution in [0.25, 0.3) is 0 Å². The van der Waals surface area contributed by atoms with Crippen molar-refractivity contribution in [1.29, 1.82) is 0 Å². The number of nitrogens with two attached hydrogens (primary N) is 1. The van der Waals surface area contributed by atoms with Crippen LogP contribution in [-0.2, 0) is 25.9 Å². The van der Waals surface area contributed by atoms with E-state index in [1.54, 1.807) is 23.2 Å². The number of nitrogens with zero attached hydrogens (tertiary/aromatic N) is 3. The Labute approximate surface area is 184 Å². The van der Waals surface area contributed by atoms with Gasteiger partial charge in [0, 0.05) is 32.0 Å². The smallest absolute Gasteiger partial charge is 0.274 e. The lowest BCUT2D eigenvalue weighted by Gasteiger charge is -2.30. The maximum absolute atomic E-state index is 12.9. The van der Waals surface area contributed by atoms with Crippen molar-refractivity contribution < 1.29 is 9.59 Å². The van der Waals surface area contributed by atoms with Crippen LogP contribution in [0.1, 0.15) is 37.5 Å². The fourth-order valence-corrected chi connectivity index (χ4v) is 4.09. The van der Waals surface area contributed by atoms with Gasteiger partial charge in [-0.2, -0.15) is 0 Å². The minimum absolute atomic E-state index is 0.00790. The third kappa shape index (κ3) is 4.22. The van der Waals surface area contributed by atoms with Crippen LogP contribution in [0.5, 0.6) is 0 Å². The van der Waals surface area contributed by atoms with E-state index in [1.165, 1.54) is 10.8 Å². The van der Waals surface area contributed by atoms with E-state index in [-0.39, 0.29) is 28.7 Å². The summed E-state index contributed by atoms with van der Waals surface area (Å²) in [7, 11) is 0. The van der Waals surface area contributed by atoms with Crippen molar-refractivity contribution in [2.75, 3.05) is 6.54 Å². The Morgan fingerprint density at radius 1 is 1.13 bits per heavy atom. The zero-order valence-corrected chi connectivity index (χ0v) is 17.5. The van der Waals surface area contributed by atoms with Gasteiger partial charge in [-0.3, -0.25) is 14.4 Å². The summed E-state index contributed by atoms with van der Waals surface area (Å²) in [5, 5.41) is 0.281. The minimum Gasteiger partial charge on any atom is -0.365 e. The second-order valence-corrected chi connectivity index (χ2v) is 7.82. The summed E-state index contributed by atoms with van der Waals surface area (Å²) in [6, 6.07) is 13.0. The molecule has 0 saturated heterocycles. The van der Waals surface area contributed by atoms with Crippen molar-refractivity contribution in [3.05, 3.63) is 98.2 Å². The Kier molecular flexibility index (Phi) is 5.86. The lowest BCUT2D eigenvalue weighted by Crippen LogP contribution is -2.41. The van der Waals surface area contributed by atoms with Crippen molar-refractivity contribution in [2.45, 2.75) is 25.9 Å². The molecule has 2 aromatic heterocycles. The lowest BCUT2D eigenvalue weighted by atomic mass is 9.95. The fraction of sp³-hybridized carbons (Fsp3) is 0.217. The highest BCUT2D eigenvalue weighted by Crippen LogP contribution is 2.23. The molecule has 2 amide bonds. The number of aryl methyl sites for hydroxylation is 2. The van der Waals surface area contributed by atoms with E-state index in [9.17, 15) is 14.4 Å². The summed E-state index contributed by atoms with van der Waals surface area (Å²) in [5.41, 5.74) is 7.78. The standard InChI is InChI=1S/C23H21ClN4O3/c24-18-7-4-10-26-20(18)23(31)28-12-9-17-16(14-28)13-27(22(30)19(17)21(25)29)11-8-15-5-2-1-3-6-15/h1-7,10,13H,8-9,11-12,14H2,(H2,25,29). The number of hydrogen-bond donors (Lipinski definition) is 1. The van der Waals surface area contributed by atoms with Crippen molar-refractivity contribution >= 4 is 23.4 Å². The average Bonchev–Trinajstić information content (AvgIpc) is 2.77. The molecule has 0 bridgehead atoms. The van der Waals surface area contributed by atoms with Crippen LogP contribution in [0.4, 0.5) is 0 Å². The monoisotopic (exact) mass is 436 g/mol. The highest BCUT2D eigenvalue weighted by molar-refractivity contribution is 6.33. The molecule has 8 heteroatoms. The predicted molar refractivity (Wildman–Crippen MR) is 117 cm³/mol.